The van der Waals surface area contributed by atoms with Crippen molar-refractivity contribution < 1.29 is 19.4 Å². The maximum Gasteiger partial charge on any atom is 0.340 e. The van der Waals surface area contributed by atoms with Crippen molar-refractivity contribution in [1.82, 2.24) is 5.32 Å². The Morgan fingerprint density at radius 2 is 2.06 bits per heavy atom. The molecule has 90 valence electrons. The Bertz CT molecular complexity index is 429. The normalized spacial score (nSPS) is 24.5. The number of benzene rings is 1. The maximum absolute atomic E-state index is 11.7. The smallest absolute Gasteiger partial charge is 0.340 e. The van der Waals surface area contributed by atoms with Crippen molar-refractivity contribution in [1.29, 1.82) is 0 Å². The summed E-state index contributed by atoms with van der Waals surface area (Å²) in [7, 11) is 0. The molecule has 1 aromatic rings. The number of aliphatic hydroxyl groups excluding tert-OH is 1. The van der Waals surface area contributed by atoms with Crippen LogP contribution in [0.3, 0.4) is 0 Å². The van der Waals surface area contributed by atoms with Gasteiger partial charge in [0, 0.05) is 0 Å². The monoisotopic (exact) mass is 235 g/mol. The Balaban J connectivity index is 1.99. The first-order valence-electron chi connectivity index (χ1n) is 5.34. The lowest BCUT2D eigenvalue weighted by Gasteiger charge is -2.37. The fraction of sp³-hybridized carbons (Fsp3) is 0.333. The first kappa shape index (κ1) is 11.6. The molecule has 1 fully saturated rings. The number of rotatable bonds is 3. The van der Waals surface area contributed by atoms with E-state index in [1.165, 1.54) is 6.92 Å². The third kappa shape index (κ3) is 2.29. The lowest BCUT2D eigenvalue weighted by molar-refractivity contribution is -0.155. The standard InChI is InChI=1S/C12H13NO4/c1-7(14)9-10(15)13-11(9)17-12(16)8-5-3-2-4-6-8/h2-7,9,11,14H,1H3,(H,13,15)/t7-,9+,11-/m1/s1. The van der Waals surface area contributed by atoms with E-state index in [-0.39, 0.29) is 5.91 Å². The average molecular weight is 235 g/mol. The number of ether oxygens (including phenoxy) is 1. The van der Waals surface area contributed by atoms with Crippen molar-refractivity contribution in [2.24, 2.45) is 5.92 Å². The number of aliphatic hydroxyl groups is 1. The van der Waals surface area contributed by atoms with Gasteiger partial charge in [-0.3, -0.25) is 4.79 Å². The van der Waals surface area contributed by atoms with Gasteiger partial charge in [-0.25, -0.2) is 4.79 Å². The number of carbonyl (C=O) groups excluding carboxylic acids is 2. The number of carbonyl (C=O) groups is 2. The van der Waals surface area contributed by atoms with Crippen LogP contribution in [0.5, 0.6) is 0 Å². The third-order valence-electron chi connectivity index (χ3n) is 2.68. The summed E-state index contributed by atoms with van der Waals surface area (Å²) in [6.07, 6.45) is -1.58. The van der Waals surface area contributed by atoms with E-state index < -0.39 is 24.2 Å². The summed E-state index contributed by atoms with van der Waals surface area (Å²) < 4.78 is 5.09. The van der Waals surface area contributed by atoms with Crippen LogP contribution >= 0.6 is 0 Å². The lowest BCUT2D eigenvalue weighted by Crippen LogP contribution is -2.63. The van der Waals surface area contributed by atoms with E-state index in [9.17, 15) is 14.7 Å². The molecule has 0 aromatic heterocycles. The van der Waals surface area contributed by atoms with Gasteiger partial charge in [0.05, 0.1) is 11.7 Å². The highest BCUT2D eigenvalue weighted by molar-refractivity contribution is 5.91. The third-order valence-corrected chi connectivity index (χ3v) is 2.68. The zero-order valence-corrected chi connectivity index (χ0v) is 9.29. The first-order valence-corrected chi connectivity index (χ1v) is 5.34. The molecule has 0 unspecified atom stereocenters. The van der Waals surface area contributed by atoms with Crippen molar-refractivity contribution in [3.63, 3.8) is 0 Å². The van der Waals surface area contributed by atoms with E-state index in [0.29, 0.717) is 5.56 Å². The Morgan fingerprint density at radius 1 is 1.41 bits per heavy atom. The van der Waals surface area contributed by atoms with Gasteiger partial charge in [-0.2, -0.15) is 0 Å². The molecule has 1 aliphatic heterocycles. The van der Waals surface area contributed by atoms with Gasteiger partial charge in [0.15, 0.2) is 6.23 Å². The molecule has 5 nitrogen and oxygen atoms in total. The van der Waals surface area contributed by atoms with Crippen LogP contribution in [0.2, 0.25) is 0 Å². The van der Waals surface area contributed by atoms with Crippen LogP contribution in [0.4, 0.5) is 0 Å². The number of β-lactam (4-membered cyclic amide) rings is 1. The Hall–Kier alpha value is -1.88. The minimum atomic E-state index is -0.836. The highest BCUT2D eigenvalue weighted by Crippen LogP contribution is 2.21. The number of hydrogen-bond acceptors (Lipinski definition) is 4. The van der Waals surface area contributed by atoms with Crippen molar-refractivity contribution in [3.05, 3.63) is 35.9 Å². The largest absolute Gasteiger partial charge is 0.437 e. The van der Waals surface area contributed by atoms with Gasteiger partial charge in [0.25, 0.3) is 0 Å². The average Bonchev–Trinajstić information content (AvgIpc) is 2.28. The fourth-order valence-electron chi connectivity index (χ4n) is 1.70. The molecular formula is C12H13NO4. The fourth-order valence-corrected chi connectivity index (χ4v) is 1.70. The van der Waals surface area contributed by atoms with Crippen LogP contribution in [-0.2, 0) is 9.53 Å². The summed E-state index contributed by atoms with van der Waals surface area (Å²) in [5.41, 5.74) is 0.415. The second-order valence-electron chi connectivity index (χ2n) is 3.97. The van der Waals surface area contributed by atoms with Crippen LogP contribution in [0, 0.1) is 5.92 Å². The number of amides is 1. The molecule has 0 bridgehead atoms. The summed E-state index contributed by atoms with van der Waals surface area (Å²) in [5.74, 6) is -1.49. The van der Waals surface area contributed by atoms with Gasteiger partial charge in [-0.05, 0) is 19.1 Å². The van der Waals surface area contributed by atoms with Crippen LogP contribution in [0.25, 0.3) is 0 Å². The van der Waals surface area contributed by atoms with Gasteiger partial charge < -0.3 is 15.2 Å². The molecule has 17 heavy (non-hydrogen) atoms. The number of hydrogen-bond donors (Lipinski definition) is 2. The molecular weight excluding hydrogens is 222 g/mol. The molecule has 1 aromatic carbocycles. The van der Waals surface area contributed by atoms with Crippen LogP contribution in [0.15, 0.2) is 30.3 Å². The second kappa shape index (κ2) is 4.55. The van der Waals surface area contributed by atoms with Gasteiger partial charge >= 0.3 is 5.97 Å². The highest BCUT2D eigenvalue weighted by atomic mass is 16.6. The highest BCUT2D eigenvalue weighted by Gasteiger charge is 2.45. The van der Waals surface area contributed by atoms with Crippen LogP contribution < -0.4 is 5.32 Å². The quantitative estimate of drug-likeness (QED) is 0.583. The molecule has 1 heterocycles. The predicted molar refractivity (Wildman–Crippen MR) is 59.0 cm³/mol. The van der Waals surface area contributed by atoms with E-state index in [2.05, 4.69) is 5.32 Å². The molecule has 1 amide bonds. The Labute approximate surface area is 98.4 Å². The molecule has 5 heteroatoms. The molecule has 0 aliphatic carbocycles. The Morgan fingerprint density at radius 3 is 2.59 bits per heavy atom. The lowest BCUT2D eigenvalue weighted by atomic mass is 9.93. The molecule has 2 rings (SSSR count). The number of esters is 1. The Kier molecular flexibility index (Phi) is 3.10. The minimum Gasteiger partial charge on any atom is -0.437 e. The molecule has 0 saturated carbocycles. The maximum atomic E-state index is 11.7. The number of nitrogens with one attached hydrogen (secondary N) is 1. The summed E-state index contributed by atoms with van der Waals surface area (Å²) in [5, 5.41) is 11.8. The zero-order valence-electron chi connectivity index (χ0n) is 9.29. The zero-order chi connectivity index (χ0) is 12.4. The van der Waals surface area contributed by atoms with E-state index in [4.69, 9.17) is 4.74 Å². The summed E-state index contributed by atoms with van der Waals surface area (Å²) in [6.45, 7) is 1.49. The summed E-state index contributed by atoms with van der Waals surface area (Å²) in [4.78, 5) is 22.8. The SMILES string of the molecule is C[C@@H](O)[C@H]1C(=O)N[C@@H]1OC(=O)c1ccccc1. The van der Waals surface area contributed by atoms with E-state index in [1.54, 1.807) is 30.3 Å². The van der Waals surface area contributed by atoms with Gasteiger partial charge in [-0.1, -0.05) is 18.2 Å². The first-order chi connectivity index (χ1) is 8.09. The van der Waals surface area contributed by atoms with Crippen molar-refractivity contribution >= 4 is 11.9 Å². The predicted octanol–water partition coefficient (Wildman–Crippen LogP) is 0.296. The van der Waals surface area contributed by atoms with Gasteiger partial charge in [-0.15, -0.1) is 0 Å². The topological polar surface area (TPSA) is 75.6 Å². The van der Waals surface area contributed by atoms with Crippen LogP contribution in [0.1, 0.15) is 17.3 Å². The van der Waals surface area contributed by atoms with Crippen molar-refractivity contribution in [2.75, 3.05) is 0 Å². The van der Waals surface area contributed by atoms with Gasteiger partial charge in [0.1, 0.15) is 5.92 Å². The summed E-state index contributed by atoms with van der Waals surface area (Å²) >= 11 is 0. The van der Waals surface area contributed by atoms with Crippen molar-refractivity contribution in [2.45, 2.75) is 19.3 Å². The molecule has 3 atom stereocenters. The molecule has 1 saturated heterocycles. The molecule has 0 radical (unpaired) electrons. The molecule has 1 aliphatic rings. The second-order valence-corrected chi connectivity index (χ2v) is 3.97. The molecule has 0 spiro atoms. The minimum absolute atomic E-state index is 0.300. The van der Waals surface area contributed by atoms with Crippen LogP contribution in [-0.4, -0.2) is 29.3 Å². The van der Waals surface area contributed by atoms with Crippen molar-refractivity contribution in [3.8, 4) is 0 Å². The van der Waals surface area contributed by atoms with E-state index in [0.717, 1.165) is 0 Å². The molecule has 2 N–H and O–H groups in total. The summed E-state index contributed by atoms with van der Waals surface area (Å²) in [6, 6.07) is 8.49. The van der Waals surface area contributed by atoms with E-state index in [1.807, 2.05) is 0 Å². The van der Waals surface area contributed by atoms with E-state index >= 15 is 0 Å². The van der Waals surface area contributed by atoms with Gasteiger partial charge in [0.2, 0.25) is 5.91 Å².